The van der Waals surface area contributed by atoms with Crippen molar-refractivity contribution in [2.24, 2.45) is 5.92 Å². The minimum Gasteiger partial charge on any atom is -0.299 e. The van der Waals surface area contributed by atoms with Crippen molar-refractivity contribution in [1.82, 2.24) is 0 Å². The highest BCUT2D eigenvalue weighted by molar-refractivity contribution is 5.93. The second-order valence-corrected chi connectivity index (χ2v) is 8.69. The molecule has 0 rings (SSSR count). The molecule has 0 aliphatic rings. The van der Waals surface area contributed by atoms with Gasteiger partial charge in [0.25, 0.3) is 0 Å². The first-order valence-corrected chi connectivity index (χ1v) is 12.7. The van der Waals surface area contributed by atoms with Gasteiger partial charge in [0.05, 0.1) is 5.92 Å². The van der Waals surface area contributed by atoms with Crippen molar-refractivity contribution in [2.75, 3.05) is 0 Å². The fourth-order valence-electron chi connectivity index (χ4n) is 3.91. The van der Waals surface area contributed by atoms with Gasteiger partial charge in [0.2, 0.25) is 6.29 Å². The van der Waals surface area contributed by atoms with Gasteiger partial charge in [0.15, 0.2) is 0 Å². The van der Waals surface area contributed by atoms with Crippen LogP contribution in [0.4, 0.5) is 0 Å². The number of carbonyl (C=O) groups excluding carboxylic acids is 2. The Hall–Kier alpha value is -0.660. The molecular formula is C26H49O2. The van der Waals surface area contributed by atoms with E-state index in [0.29, 0.717) is 12.8 Å². The molecule has 0 spiro atoms. The number of ketones is 1. The average molecular weight is 394 g/mol. The molecule has 0 aliphatic heterocycles. The Kier molecular flexibility index (Phi) is 22.1. The summed E-state index contributed by atoms with van der Waals surface area (Å²) in [5.41, 5.74) is 0. The third-order valence-corrected chi connectivity index (χ3v) is 5.90. The third kappa shape index (κ3) is 18.7. The van der Waals surface area contributed by atoms with Crippen LogP contribution in [0.5, 0.6) is 0 Å². The van der Waals surface area contributed by atoms with Crippen LogP contribution in [0.15, 0.2) is 0 Å². The monoisotopic (exact) mass is 393 g/mol. The molecule has 0 N–H and O–H groups in total. The van der Waals surface area contributed by atoms with Crippen LogP contribution in [0, 0.1) is 5.92 Å². The quantitative estimate of drug-likeness (QED) is 0.129. The number of hydrogen-bond acceptors (Lipinski definition) is 2. The molecule has 0 aromatic rings. The Morgan fingerprint density at radius 2 is 0.929 bits per heavy atom. The van der Waals surface area contributed by atoms with Crippen molar-refractivity contribution in [3.05, 3.63) is 0 Å². The maximum absolute atomic E-state index is 12.2. The molecule has 1 atom stereocenters. The van der Waals surface area contributed by atoms with E-state index < -0.39 is 5.92 Å². The van der Waals surface area contributed by atoms with Crippen molar-refractivity contribution >= 4 is 12.1 Å². The van der Waals surface area contributed by atoms with E-state index in [1.54, 1.807) is 0 Å². The summed E-state index contributed by atoms with van der Waals surface area (Å²) in [7, 11) is 0. The zero-order chi connectivity index (χ0) is 20.7. The third-order valence-electron chi connectivity index (χ3n) is 5.90. The fourth-order valence-corrected chi connectivity index (χ4v) is 3.91. The maximum Gasteiger partial charge on any atom is 0.209 e. The van der Waals surface area contributed by atoms with Gasteiger partial charge >= 0.3 is 0 Å². The van der Waals surface area contributed by atoms with Gasteiger partial charge in [-0.15, -0.1) is 0 Å². The largest absolute Gasteiger partial charge is 0.299 e. The van der Waals surface area contributed by atoms with Gasteiger partial charge in [-0.3, -0.25) is 9.59 Å². The van der Waals surface area contributed by atoms with Crippen molar-refractivity contribution in [2.45, 2.75) is 149 Å². The molecule has 0 heterocycles. The molecule has 1 radical (unpaired) electrons. The van der Waals surface area contributed by atoms with Gasteiger partial charge in [-0.1, -0.05) is 129 Å². The van der Waals surface area contributed by atoms with Gasteiger partial charge in [-0.2, -0.15) is 0 Å². The molecule has 0 aromatic heterocycles. The van der Waals surface area contributed by atoms with Crippen molar-refractivity contribution in [3.63, 3.8) is 0 Å². The highest BCUT2D eigenvalue weighted by atomic mass is 16.1. The summed E-state index contributed by atoms with van der Waals surface area (Å²) in [5.74, 6) is -0.324. The topological polar surface area (TPSA) is 34.1 Å². The summed E-state index contributed by atoms with van der Waals surface area (Å²) in [4.78, 5) is 23.3. The van der Waals surface area contributed by atoms with Crippen LogP contribution in [0.25, 0.3) is 0 Å². The summed E-state index contributed by atoms with van der Waals surface area (Å²) in [6.45, 7) is 4.48. The molecule has 1 unspecified atom stereocenters. The molecular weight excluding hydrogens is 344 g/mol. The fraction of sp³-hybridized carbons (Fsp3) is 0.923. The Morgan fingerprint density at radius 3 is 1.32 bits per heavy atom. The van der Waals surface area contributed by atoms with Crippen molar-refractivity contribution < 1.29 is 9.59 Å². The number of unbranched alkanes of at least 4 members (excludes halogenated alkanes) is 17. The van der Waals surface area contributed by atoms with E-state index in [-0.39, 0.29) is 5.78 Å². The lowest BCUT2D eigenvalue weighted by Crippen LogP contribution is -2.15. The standard InChI is InChI=1S/C26H49O2/c1-3-5-7-9-11-12-13-14-15-16-17-19-21-23-26(28)25(24-27)22-20-18-10-8-6-4-2/h25H,3-23H2,1-2H3. The summed E-state index contributed by atoms with van der Waals surface area (Å²) in [6, 6.07) is 0. The van der Waals surface area contributed by atoms with Crippen LogP contribution >= 0.6 is 0 Å². The Morgan fingerprint density at radius 1 is 0.571 bits per heavy atom. The van der Waals surface area contributed by atoms with Crippen LogP contribution in [0.1, 0.15) is 149 Å². The van der Waals surface area contributed by atoms with Crippen LogP contribution in [-0.2, 0) is 9.59 Å². The molecule has 0 saturated heterocycles. The Balaban J connectivity index is 3.43. The second kappa shape index (κ2) is 22.6. The minimum absolute atomic E-state index is 0.131. The first-order chi connectivity index (χ1) is 13.8. The van der Waals surface area contributed by atoms with Crippen LogP contribution in [0.3, 0.4) is 0 Å². The zero-order valence-corrected chi connectivity index (χ0v) is 19.2. The first kappa shape index (κ1) is 27.3. The summed E-state index contributed by atoms with van der Waals surface area (Å²) >= 11 is 0. The van der Waals surface area contributed by atoms with E-state index >= 15 is 0 Å². The molecule has 0 bridgehead atoms. The number of hydrogen-bond donors (Lipinski definition) is 0. The van der Waals surface area contributed by atoms with E-state index in [1.165, 1.54) is 96.3 Å². The highest BCUT2D eigenvalue weighted by Crippen LogP contribution is 2.16. The highest BCUT2D eigenvalue weighted by Gasteiger charge is 2.17. The molecule has 0 amide bonds. The lowest BCUT2D eigenvalue weighted by atomic mass is 9.94. The normalized spacial score (nSPS) is 12.2. The van der Waals surface area contributed by atoms with Gasteiger partial charge in [0, 0.05) is 6.42 Å². The molecule has 0 saturated carbocycles. The lowest BCUT2D eigenvalue weighted by Gasteiger charge is -2.08. The molecule has 0 fully saturated rings. The van der Waals surface area contributed by atoms with Gasteiger partial charge in [-0.25, -0.2) is 0 Å². The van der Waals surface area contributed by atoms with Crippen LogP contribution < -0.4 is 0 Å². The van der Waals surface area contributed by atoms with E-state index in [0.717, 1.165) is 25.7 Å². The zero-order valence-electron chi connectivity index (χ0n) is 19.2. The molecule has 0 aliphatic carbocycles. The van der Waals surface area contributed by atoms with Gasteiger partial charge in [-0.05, 0) is 12.8 Å². The smallest absolute Gasteiger partial charge is 0.209 e. The summed E-state index contributed by atoms with van der Waals surface area (Å²) in [6.07, 6.45) is 27.6. The first-order valence-electron chi connectivity index (χ1n) is 12.7. The SMILES string of the molecule is CCCCCCCCCCCCCCCC(=O)C([C]=O)CCCCCCCC. The second-order valence-electron chi connectivity index (χ2n) is 8.69. The predicted molar refractivity (Wildman–Crippen MR) is 122 cm³/mol. The Labute approximate surface area is 176 Å². The van der Waals surface area contributed by atoms with Crippen molar-refractivity contribution in [3.8, 4) is 0 Å². The average Bonchev–Trinajstić information content (AvgIpc) is 2.70. The lowest BCUT2D eigenvalue weighted by molar-refractivity contribution is -0.121. The molecule has 165 valence electrons. The van der Waals surface area contributed by atoms with E-state index in [2.05, 4.69) is 13.8 Å². The predicted octanol–water partition coefficient (Wildman–Crippen LogP) is 8.51. The van der Waals surface area contributed by atoms with Crippen molar-refractivity contribution in [1.29, 1.82) is 0 Å². The molecule has 2 nitrogen and oxygen atoms in total. The maximum atomic E-state index is 12.2. The van der Waals surface area contributed by atoms with Crippen LogP contribution in [-0.4, -0.2) is 12.1 Å². The van der Waals surface area contributed by atoms with E-state index in [9.17, 15) is 9.59 Å². The van der Waals surface area contributed by atoms with Gasteiger partial charge in [0.1, 0.15) is 5.78 Å². The molecule has 0 aromatic carbocycles. The van der Waals surface area contributed by atoms with Crippen LogP contribution in [0.2, 0.25) is 0 Å². The molecule has 28 heavy (non-hydrogen) atoms. The summed E-state index contributed by atoms with van der Waals surface area (Å²) in [5, 5.41) is 0. The number of rotatable bonds is 23. The molecule has 2 heteroatoms. The Bertz CT molecular complexity index is 337. The van der Waals surface area contributed by atoms with E-state index in [4.69, 9.17) is 0 Å². The number of carbonyl (C=O) groups is 1. The van der Waals surface area contributed by atoms with Gasteiger partial charge < -0.3 is 0 Å². The summed E-state index contributed by atoms with van der Waals surface area (Å²) < 4.78 is 0. The van der Waals surface area contributed by atoms with E-state index in [1.807, 2.05) is 6.29 Å². The number of Topliss-reactive ketones (excluding diaryl/α,β-unsaturated/α-hetero) is 1. The minimum atomic E-state index is -0.455.